The second kappa shape index (κ2) is 20.3. The van der Waals surface area contributed by atoms with Crippen LogP contribution in [0.3, 0.4) is 0 Å². The van der Waals surface area contributed by atoms with E-state index in [0.717, 1.165) is 66.4 Å². The average Bonchev–Trinajstić information content (AvgIpc) is 3.61. The molecular weight excluding hydrogens is 1020 g/mol. The van der Waals surface area contributed by atoms with Gasteiger partial charge in [0.25, 0.3) is 0 Å². The van der Waals surface area contributed by atoms with E-state index in [9.17, 15) is 4.79 Å². The van der Waals surface area contributed by atoms with Gasteiger partial charge in [-0.3, -0.25) is 4.52 Å². The van der Waals surface area contributed by atoms with Crippen LogP contribution in [0.25, 0.3) is 55.3 Å². The van der Waals surface area contributed by atoms with E-state index in [-0.39, 0.29) is 17.4 Å². The van der Waals surface area contributed by atoms with Gasteiger partial charge in [-0.1, -0.05) is 170 Å². The van der Waals surface area contributed by atoms with Crippen LogP contribution in [-0.2, 0) is 35.5 Å². The number of aryl methyl sites for hydroxylation is 6. The summed E-state index contributed by atoms with van der Waals surface area (Å²) >= 11 is 0. The summed E-state index contributed by atoms with van der Waals surface area (Å²) < 4.78 is 41.9. The van der Waals surface area contributed by atoms with Gasteiger partial charge in [0.2, 0.25) is 0 Å². The molecule has 0 N–H and O–H groups in total. The molecule has 7 nitrogen and oxygen atoms in total. The summed E-state index contributed by atoms with van der Waals surface area (Å²) in [5, 5.41) is 4.57. The molecule has 1 aliphatic heterocycles. The minimum atomic E-state index is -2.21. The SMILES string of the molecule is Cc1cc(C)c(-c2cc(-c3cc(-c4c(C)cc(C)cc4C)cc(C(C)(C)C)c3Op3oc4c([Si](C)(C)C)cc(C(C)(C)C)cc4c4cc(C(C)(C)C)cc([Si](C)(C)C)c4o3)c(OP3OCC(=O)O3)c(C(C)(C)C)c2)c(C)c1. The minimum Gasteiger partial charge on any atom is -0.417 e. The molecule has 11 heteroatoms. The Morgan fingerprint density at radius 2 is 0.831 bits per heavy atom. The van der Waals surface area contributed by atoms with Crippen LogP contribution < -0.4 is 19.4 Å². The predicted octanol–water partition coefficient (Wildman–Crippen LogP) is 19.4. The number of hydrogen-bond acceptors (Lipinski definition) is 7. The van der Waals surface area contributed by atoms with Gasteiger partial charge in [0, 0.05) is 33.0 Å². The molecule has 6 aromatic carbocycles. The van der Waals surface area contributed by atoms with Gasteiger partial charge in [0.05, 0.1) is 16.1 Å². The van der Waals surface area contributed by atoms with E-state index in [4.69, 9.17) is 26.5 Å². The van der Waals surface area contributed by atoms with E-state index in [1.807, 2.05) is 0 Å². The molecule has 1 saturated heterocycles. The van der Waals surface area contributed by atoms with Crippen molar-refractivity contribution in [3.63, 3.8) is 0 Å². The molecule has 0 bridgehead atoms. The fraction of sp³-hybridized carbons (Fsp3) is 0.439. The first-order chi connectivity index (χ1) is 35.3. The van der Waals surface area contributed by atoms with Crippen molar-refractivity contribution in [2.75, 3.05) is 6.61 Å². The second-order valence-electron chi connectivity index (χ2n) is 28.2. The van der Waals surface area contributed by atoms with E-state index in [0.29, 0.717) is 11.5 Å². The molecule has 0 aliphatic carbocycles. The molecule has 1 aromatic heterocycles. The van der Waals surface area contributed by atoms with Gasteiger partial charge in [-0.05, 0) is 166 Å². The van der Waals surface area contributed by atoms with Crippen LogP contribution in [0.1, 0.15) is 139 Å². The maximum atomic E-state index is 12.8. The van der Waals surface area contributed by atoms with Crippen molar-refractivity contribution in [1.29, 1.82) is 0 Å². The van der Waals surface area contributed by atoms with Crippen molar-refractivity contribution in [2.24, 2.45) is 0 Å². The minimum absolute atomic E-state index is 0.132. The van der Waals surface area contributed by atoms with Crippen LogP contribution in [0.2, 0.25) is 39.3 Å². The topological polar surface area (TPSA) is 80.3 Å². The smallest absolute Gasteiger partial charge is 0.417 e. The lowest BCUT2D eigenvalue weighted by molar-refractivity contribution is -0.132. The van der Waals surface area contributed by atoms with Crippen LogP contribution in [0.5, 0.6) is 11.5 Å². The molecule has 0 saturated carbocycles. The highest BCUT2D eigenvalue weighted by Crippen LogP contribution is 2.56. The zero-order chi connectivity index (χ0) is 57.0. The van der Waals surface area contributed by atoms with E-state index < -0.39 is 49.8 Å². The summed E-state index contributed by atoms with van der Waals surface area (Å²) in [4.78, 5) is 12.8. The molecule has 7 aromatic rings. The zero-order valence-electron chi connectivity index (χ0n) is 50.9. The highest BCUT2D eigenvalue weighted by atomic mass is 31.2. The number of hydrogen-bond donors (Lipinski definition) is 0. The summed E-state index contributed by atoms with van der Waals surface area (Å²) in [7, 11) is -8.56. The molecule has 1 atom stereocenters. The van der Waals surface area contributed by atoms with Crippen LogP contribution >= 0.6 is 16.8 Å². The third-order valence-electron chi connectivity index (χ3n) is 15.0. The molecule has 2 heterocycles. The highest BCUT2D eigenvalue weighted by Gasteiger charge is 2.37. The summed E-state index contributed by atoms with van der Waals surface area (Å²) in [6.45, 7) is 54.5. The molecule has 77 heavy (non-hydrogen) atoms. The van der Waals surface area contributed by atoms with Crippen molar-refractivity contribution in [3.05, 3.63) is 128 Å². The Labute approximate surface area is 465 Å². The van der Waals surface area contributed by atoms with E-state index in [1.165, 1.54) is 54.9 Å². The van der Waals surface area contributed by atoms with Gasteiger partial charge in [-0.25, -0.2) is 4.79 Å². The Hall–Kier alpha value is -4.89. The molecule has 1 aliphatic rings. The van der Waals surface area contributed by atoms with Crippen LogP contribution in [0.15, 0.2) is 81.2 Å². The predicted molar refractivity (Wildman–Crippen MR) is 334 cm³/mol. The summed E-state index contributed by atoms with van der Waals surface area (Å²) in [6.07, 6.45) is 0. The monoisotopic (exact) mass is 1110 g/mol. The lowest BCUT2D eigenvalue weighted by atomic mass is 9.78. The molecule has 0 spiro atoms. The van der Waals surface area contributed by atoms with E-state index >= 15 is 0 Å². The molecule has 8 rings (SSSR count). The third-order valence-corrected chi connectivity index (χ3v) is 21.0. The van der Waals surface area contributed by atoms with Crippen LogP contribution in [0, 0.1) is 41.5 Å². The number of benzene rings is 6. The molecule has 0 amide bonds. The van der Waals surface area contributed by atoms with Crippen LogP contribution in [-0.4, -0.2) is 28.7 Å². The van der Waals surface area contributed by atoms with Crippen molar-refractivity contribution in [3.8, 4) is 44.9 Å². The normalized spacial score (nSPS) is 14.9. The van der Waals surface area contributed by atoms with Crippen molar-refractivity contribution in [1.82, 2.24) is 0 Å². The van der Waals surface area contributed by atoms with Crippen LogP contribution in [0.4, 0.5) is 0 Å². The largest absolute Gasteiger partial charge is 0.465 e. The second-order valence-corrected chi connectivity index (χ2v) is 40.3. The quantitative estimate of drug-likeness (QED) is 0.105. The maximum absolute atomic E-state index is 12.8. The fourth-order valence-electron chi connectivity index (χ4n) is 11.0. The standard InChI is InChI=1S/C66H86O7P2Si2/c1-38-25-40(3)57(41(4)26-38)44-29-48(59(52(31-44)65(13,14)15)70-74-68-37-56(67)69-74)49-30-45(58-42(5)27-39(2)28-43(58)6)32-53(66(16,17)18)60(49)71-75-72-61-50(33-46(63(7,8)9)35-54(61)76(19,20)21)51-34-47(64(10,11)12)36-55(62(51)73-75)77(22,23)24/h25-36H,37H2,1-24H3. The fourth-order valence-corrected chi connectivity index (χ4v) is 16.2. The lowest BCUT2D eigenvalue weighted by Gasteiger charge is -2.30. The molecule has 410 valence electrons. The van der Waals surface area contributed by atoms with E-state index in [2.05, 4.69) is 237 Å². The van der Waals surface area contributed by atoms with Gasteiger partial charge < -0.3 is 22.0 Å². The Morgan fingerprint density at radius 3 is 1.14 bits per heavy atom. The Morgan fingerprint density at radius 1 is 0.468 bits per heavy atom. The Bertz CT molecular complexity index is 3400. The van der Waals surface area contributed by atoms with Crippen molar-refractivity contribution >= 4 is 71.3 Å². The summed E-state index contributed by atoms with van der Waals surface area (Å²) in [5.41, 5.74) is 18.1. The Kier molecular flexibility index (Phi) is 15.4. The molecule has 1 unspecified atom stereocenters. The summed E-state index contributed by atoms with van der Waals surface area (Å²) in [5.74, 6) is 0.758. The molecule has 0 radical (unpaired) electrons. The lowest BCUT2D eigenvalue weighted by Crippen LogP contribution is -2.39. The van der Waals surface area contributed by atoms with Crippen molar-refractivity contribution < 1.29 is 31.3 Å². The number of carbonyl (C=O) groups excluding carboxylic acids is 1. The molecular formula is C66H86O7P2Si2. The van der Waals surface area contributed by atoms with Gasteiger partial charge >= 0.3 is 22.8 Å². The number of rotatable bonds is 9. The first-order valence-corrected chi connectivity index (χ1v) is 36.6. The van der Waals surface area contributed by atoms with Crippen molar-refractivity contribution in [2.45, 2.75) is 186 Å². The van der Waals surface area contributed by atoms with Gasteiger partial charge in [-0.15, -0.1) is 0 Å². The van der Waals surface area contributed by atoms with Gasteiger partial charge in [0.1, 0.15) is 22.7 Å². The maximum Gasteiger partial charge on any atom is 0.465 e. The highest BCUT2D eigenvalue weighted by molar-refractivity contribution is 7.43. The number of fused-ring (bicyclic) bond motifs is 3. The Balaban J connectivity index is 1.62. The first-order valence-electron chi connectivity index (χ1n) is 27.4. The van der Waals surface area contributed by atoms with Gasteiger partial charge in [0.15, 0.2) is 6.61 Å². The summed E-state index contributed by atoms with van der Waals surface area (Å²) in [6, 6.07) is 27.7. The average molecular weight is 1110 g/mol. The first kappa shape index (κ1) is 58.3. The van der Waals surface area contributed by atoms with Gasteiger partial charge in [-0.2, -0.15) is 0 Å². The third kappa shape index (κ3) is 12.0. The van der Waals surface area contributed by atoms with E-state index in [1.54, 1.807) is 0 Å². The zero-order valence-corrected chi connectivity index (χ0v) is 54.7. The molecule has 1 fully saturated rings. The number of carbonyl (C=O) groups is 1.